The van der Waals surface area contributed by atoms with Gasteiger partial charge in [-0.25, -0.2) is 4.68 Å². The van der Waals surface area contributed by atoms with Crippen LogP contribution in [0.15, 0.2) is 114 Å². The molecule has 0 saturated carbocycles. The maximum Gasteiger partial charge on any atom is 0.245 e. The van der Waals surface area contributed by atoms with Crippen LogP contribution in [0.5, 0.6) is 0 Å². The van der Waals surface area contributed by atoms with Gasteiger partial charge in [0.15, 0.2) is 0 Å². The number of aromatic nitrogens is 2. The smallest absolute Gasteiger partial charge is 0.245 e. The van der Waals surface area contributed by atoms with Crippen molar-refractivity contribution >= 4 is 17.6 Å². The van der Waals surface area contributed by atoms with Gasteiger partial charge < -0.3 is 14.6 Å². The molecular weight excluding hydrogens is 524 g/mol. The quantitative estimate of drug-likeness (QED) is 0.213. The van der Waals surface area contributed by atoms with E-state index in [4.69, 9.17) is 9.52 Å². The van der Waals surface area contributed by atoms with Gasteiger partial charge in [0.05, 0.1) is 30.1 Å². The molecule has 5 rings (SSSR count). The van der Waals surface area contributed by atoms with Crippen LogP contribution in [-0.2, 0) is 21.5 Å². The molecule has 0 aliphatic rings. The molecule has 5 aromatic rings. The molecule has 0 aliphatic heterocycles. The third kappa shape index (κ3) is 6.52. The van der Waals surface area contributed by atoms with Gasteiger partial charge in [0, 0.05) is 11.5 Å². The second-order valence-electron chi connectivity index (χ2n) is 11.4. The maximum atomic E-state index is 14.3. The summed E-state index contributed by atoms with van der Waals surface area (Å²) in [6, 6.07) is 32.7. The van der Waals surface area contributed by atoms with E-state index in [-0.39, 0.29) is 30.3 Å². The normalized spacial score (nSPS) is 11.5. The van der Waals surface area contributed by atoms with Gasteiger partial charge in [-0.2, -0.15) is 5.10 Å². The minimum atomic E-state index is -0.583. The summed E-state index contributed by atoms with van der Waals surface area (Å²) in [5, 5.41) is 7.90. The molecule has 0 aliphatic carbocycles. The first-order valence-electron chi connectivity index (χ1n) is 14.1. The topological polar surface area (TPSA) is 80.4 Å². The highest BCUT2D eigenvalue weighted by Gasteiger charge is 2.30. The summed E-state index contributed by atoms with van der Waals surface area (Å²) >= 11 is 0. The summed E-state index contributed by atoms with van der Waals surface area (Å²) in [5.41, 5.74) is 4.22. The number of benzene rings is 3. The molecule has 3 aromatic carbocycles. The first-order valence-corrected chi connectivity index (χ1v) is 14.1. The molecule has 0 saturated heterocycles. The SMILES string of the molecule is Cc1ccccc1-n1nc(C(C)(C)C)cc1NC(=O)CN(Cc1ccco1)C(=O)C(c1ccccc1)c1ccccc1. The second-order valence-corrected chi connectivity index (χ2v) is 11.4. The molecule has 42 heavy (non-hydrogen) atoms. The second kappa shape index (κ2) is 12.3. The van der Waals surface area contributed by atoms with Gasteiger partial charge in [-0.3, -0.25) is 9.59 Å². The first kappa shape index (κ1) is 28.6. The van der Waals surface area contributed by atoms with Crippen LogP contribution in [0.1, 0.15) is 54.8 Å². The van der Waals surface area contributed by atoms with Crippen LogP contribution in [0, 0.1) is 6.92 Å². The Kier molecular flexibility index (Phi) is 8.38. The summed E-state index contributed by atoms with van der Waals surface area (Å²) < 4.78 is 7.36. The van der Waals surface area contributed by atoms with Crippen LogP contribution in [0.3, 0.4) is 0 Å². The first-order chi connectivity index (χ1) is 20.2. The Bertz CT molecular complexity index is 1600. The Morgan fingerprint density at radius 2 is 1.50 bits per heavy atom. The molecule has 7 nitrogen and oxygen atoms in total. The number of carbonyl (C=O) groups is 2. The Hall–Kier alpha value is -4.91. The fourth-order valence-electron chi connectivity index (χ4n) is 4.93. The number of para-hydroxylation sites is 1. The van der Waals surface area contributed by atoms with Crippen LogP contribution in [-0.4, -0.2) is 33.0 Å². The zero-order valence-electron chi connectivity index (χ0n) is 24.5. The van der Waals surface area contributed by atoms with E-state index in [1.165, 1.54) is 0 Å². The van der Waals surface area contributed by atoms with Gasteiger partial charge in [-0.1, -0.05) is 99.6 Å². The summed E-state index contributed by atoms with van der Waals surface area (Å²) in [7, 11) is 0. The van der Waals surface area contributed by atoms with Crippen molar-refractivity contribution in [3.8, 4) is 5.69 Å². The van der Waals surface area contributed by atoms with Crippen LogP contribution in [0.2, 0.25) is 0 Å². The Balaban J connectivity index is 1.47. The third-order valence-electron chi connectivity index (χ3n) is 7.17. The number of anilines is 1. The fraction of sp³-hybridized carbons (Fsp3) is 0.229. The zero-order chi connectivity index (χ0) is 29.7. The average Bonchev–Trinajstić information content (AvgIpc) is 3.64. The summed E-state index contributed by atoms with van der Waals surface area (Å²) in [5.74, 6) is 0.0372. The number of hydrogen-bond acceptors (Lipinski definition) is 4. The number of nitrogens with one attached hydrogen (secondary N) is 1. The number of furan rings is 1. The maximum absolute atomic E-state index is 14.3. The van der Waals surface area contributed by atoms with E-state index in [1.54, 1.807) is 28.0 Å². The van der Waals surface area contributed by atoms with Crippen molar-refractivity contribution in [2.45, 2.75) is 45.6 Å². The van der Waals surface area contributed by atoms with E-state index < -0.39 is 5.92 Å². The predicted octanol–water partition coefficient (Wildman–Crippen LogP) is 6.87. The Morgan fingerprint density at radius 1 is 0.881 bits per heavy atom. The van der Waals surface area contributed by atoms with Crippen molar-refractivity contribution in [3.05, 3.63) is 138 Å². The number of hydrogen-bond donors (Lipinski definition) is 1. The van der Waals surface area contributed by atoms with Crippen LogP contribution < -0.4 is 5.32 Å². The van der Waals surface area contributed by atoms with E-state index in [9.17, 15) is 9.59 Å². The molecule has 0 fully saturated rings. The van der Waals surface area contributed by atoms with Gasteiger partial charge in [-0.15, -0.1) is 0 Å². The summed E-state index contributed by atoms with van der Waals surface area (Å²) in [6.07, 6.45) is 1.57. The summed E-state index contributed by atoms with van der Waals surface area (Å²) in [4.78, 5) is 29.6. The number of amides is 2. The lowest BCUT2D eigenvalue weighted by atomic mass is 9.90. The van der Waals surface area contributed by atoms with Crippen molar-refractivity contribution in [2.24, 2.45) is 0 Å². The van der Waals surface area contributed by atoms with E-state index in [2.05, 4.69) is 26.1 Å². The van der Waals surface area contributed by atoms with Crippen molar-refractivity contribution < 1.29 is 14.0 Å². The van der Waals surface area contributed by atoms with Crippen molar-refractivity contribution in [2.75, 3.05) is 11.9 Å². The Labute approximate surface area is 246 Å². The van der Waals surface area contributed by atoms with Crippen LogP contribution in [0.25, 0.3) is 5.69 Å². The zero-order valence-corrected chi connectivity index (χ0v) is 24.5. The average molecular weight is 561 g/mol. The van der Waals surface area contributed by atoms with Gasteiger partial charge in [0.25, 0.3) is 0 Å². The molecule has 0 radical (unpaired) electrons. The fourth-order valence-corrected chi connectivity index (χ4v) is 4.93. The number of aryl methyl sites for hydroxylation is 1. The van der Waals surface area contributed by atoms with Crippen molar-refractivity contribution in [1.82, 2.24) is 14.7 Å². The van der Waals surface area contributed by atoms with Crippen molar-refractivity contribution in [3.63, 3.8) is 0 Å². The van der Waals surface area contributed by atoms with E-state index in [0.717, 1.165) is 28.1 Å². The highest BCUT2D eigenvalue weighted by atomic mass is 16.3. The lowest BCUT2D eigenvalue weighted by molar-refractivity contribution is -0.136. The highest BCUT2D eigenvalue weighted by molar-refractivity contribution is 5.96. The lowest BCUT2D eigenvalue weighted by Gasteiger charge is -2.27. The van der Waals surface area contributed by atoms with Crippen LogP contribution >= 0.6 is 0 Å². The number of nitrogens with zero attached hydrogens (tertiary/aromatic N) is 3. The molecule has 0 spiro atoms. The minimum Gasteiger partial charge on any atom is -0.467 e. The predicted molar refractivity (Wildman–Crippen MR) is 164 cm³/mol. The van der Waals surface area contributed by atoms with E-state index in [1.807, 2.05) is 97.9 Å². The molecule has 0 bridgehead atoms. The largest absolute Gasteiger partial charge is 0.467 e. The molecule has 0 unspecified atom stereocenters. The lowest BCUT2D eigenvalue weighted by Crippen LogP contribution is -2.40. The minimum absolute atomic E-state index is 0.152. The Morgan fingerprint density at radius 3 is 2.07 bits per heavy atom. The van der Waals surface area contributed by atoms with E-state index >= 15 is 0 Å². The monoisotopic (exact) mass is 560 g/mol. The number of rotatable bonds is 9. The summed E-state index contributed by atoms with van der Waals surface area (Å²) in [6.45, 7) is 8.25. The van der Waals surface area contributed by atoms with Gasteiger partial charge in [0.2, 0.25) is 11.8 Å². The standard InChI is InChI=1S/C35H36N4O3/c1-25-14-11-12-20-29(25)39-31(22-30(37-39)35(2,3)4)36-32(40)24-38(23-28-19-13-21-42-28)34(41)33(26-15-7-5-8-16-26)27-17-9-6-10-18-27/h5-22,33H,23-24H2,1-4H3,(H,36,40). The van der Waals surface area contributed by atoms with Gasteiger partial charge in [0.1, 0.15) is 18.1 Å². The molecule has 7 heteroatoms. The van der Waals surface area contributed by atoms with E-state index in [0.29, 0.717) is 11.6 Å². The molecule has 1 N–H and O–H groups in total. The molecular formula is C35H36N4O3. The van der Waals surface area contributed by atoms with Gasteiger partial charge in [-0.05, 0) is 41.8 Å². The van der Waals surface area contributed by atoms with Gasteiger partial charge >= 0.3 is 0 Å². The highest BCUT2D eigenvalue weighted by Crippen LogP contribution is 2.29. The molecule has 2 heterocycles. The van der Waals surface area contributed by atoms with Crippen molar-refractivity contribution in [1.29, 1.82) is 0 Å². The van der Waals surface area contributed by atoms with Crippen LogP contribution in [0.4, 0.5) is 5.82 Å². The third-order valence-corrected chi connectivity index (χ3v) is 7.17. The molecule has 0 atom stereocenters. The molecule has 214 valence electrons. The number of carbonyl (C=O) groups excluding carboxylic acids is 2. The molecule has 2 aromatic heterocycles. The molecule has 2 amide bonds.